The number of anilines is 1. The summed E-state index contributed by atoms with van der Waals surface area (Å²) in [6.45, 7) is 0.410. The van der Waals surface area contributed by atoms with Crippen molar-refractivity contribution in [3.05, 3.63) is 29.6 Å². The Morgan fingerprint density at radius 3 is 2.70 bits per heavy atom. The van der Waals surface area contributed by atoms with Gasteiger partial charge in [0.25, 0.3) is 5.91 Å². The minimum absolute atomic E-state index is 0.197. The van der Waals surface area contributed by atoms with E-state index in [0.29, 0.717) is 5.13 Å². The van der Waals surface area contributed by atoms with Crippen molar-refractivity contribution in [3.63, 3.8) is 0 Å². The van der Waals surface area contributed by atoms with Crippen molar-refractivity contribution >= 4 is 34.1 Å². The molecule has 0 saturated heterocycles. The Labute approximate surface area is 138 Å². The van der Waals surface area contributed by atoms with Crippen LogP contribution in [0.5, 0.6) is 5.88 Å². The van der Waals surface area contributed by atoms with Gasteiger partial charge in [-0.3, -0.25) is 10.1 Å². The normalized spacial score (nSPS) is 11.3. The molecule has 0 aromatic carbocycles. The third-order valence-electron chi connectivity index (χ3n) is 2.54. The summed E-state index contributed by atoms with van der Waals surface area (Å²) >= 11 is 2.88. The van der Waals surface area contributed by atoms with Crippen molar-refractivity contribution in [2.24, 2.45) is 0 Å². The fraction of sp³-hybridized carbons (Fsp3) is 0.308. The molecule has 0 radical (unpaired) electrons. The zero-order valence-electron chi connectivity index (χ0n) is 12.1. The van der Waals surface area contributed by atoms with E-state index in [2.05, 4.69) is 20.0 Å². The van der Waals surface area contributed by atoms with E-state index >= 15 is 0 Å². The summed E-state index contributed by atoms with van der Waals surface area (Å²) in [4.78, 5) is 19.9. The molecule has 5 nitrogen and oxygen atoms in total. The second-order valence-corrected chi connectivity index (χ2v) is 6.41. The lowest BCUT2D eigenvalue weighted by atomic mass is 10.3. The zero-order chi connectivity index (χ0) is 17.0. The first kappa shape index (κ1) is 17.5. The zero-order valence-corrected chi connectivity index (χ0v) is 13.7. The quantitative estimate of drug-likeness (QED) is 0.820. The molecule has 2 aromatic rings. The minimum atomic E-state index is -4.44. The number of hydrogen-bond acceptors (Lipinski definition) is 6. The summed E-state index contributed by atoms with van der Waals surface area (Å²) in [6.07, 6.45) is -1.37. The average molecular weight is 363 g/mol. The monoisotopic (exact) mass is 363 g/mol. The molecule has 1 N–H and O–H groups in total. The van der Waals surface area contributed by atoms with Crippen LogP contribution < -0.4 is 10.1 Å². The number of pyridine rings is 1. The number of aromatic nitrogens is 2. The highest BCUT2D eigenvalue weighted by Crippen LogP contribution is 2.30. The maximum atomic E-state index is 12.0. The van der Waals surface area contributed by atoms with Crippen LogP contribution in [0.3, 0.4) is 0 Å². The van der Waals surface area contributed by atoms with Crippen LogP contribution in [0.4, 0.5) is 18.3 Å². The number of amides is 1. The molecule has 23 heavy (non-hydrogen) atoms. The van der Waals surface area contributed by atoms with Crippen LogP contribution in [0.2, 0.25) is 0 Å². The molecule has 0 aliphatic rings. The molecule has 1 amide bonds. The highest BCUT2D eigenvalue weighted by Gasteiger charge is 2.28. The van der Waals surface area contributed by atoms with Gasteiger partial charge in [0.1, 0.15) is 0 Å². The third kappa shape index (κ3) is 5.10. The number of carbonyl (C=O) groups is 1. The molecule has 124 valence electrons. The van der Waals surface area contributed by atoms with E-state index in [-0.39, 0.29) is 11.4 Å². The van der Waals surface area contributed by atoms with E-state index in [1.807, 2.05) is 13.2 Å². The van der Waals surface area contributed by atoms with E-state index in [4.69, 9.17) is 0 Å². The van der Waals surface area contributed by atoms with E-state index in [1.54, 1.807) is 0 Å². The van der Waals surface area contributed by atoms with E-state index in [0.717, 1.165) is 16.1 Å². The molecule has 2 heterocycles. The topological polar surface area (TPSA) is 64.1 Å². The van der Waals surface area contributed by atoms with Crippen LogP contribution in [0.25, 0.3) is 0 Å². The largest absolute Gasteiger partial charge is 0.468 e. The molecule has 2 rings (SSSR count). The Morgan fingerprint density at radius 2 is 2.17 bits per heavy atom. The Hall–Kier alpha value is -1.81. The number of nitrogens with zero attached hydrogens (tertiary/aromatic N) is 2. The minimum Gasteiger partial charge on any atom is -0.468 e. The second-order valence-electron chi connectivity index (χ2n) is 4.34. The van der Waals surface area contributed by atoms with Gasteiger partial charge in [0.05, 0.1) is 15.5 Å². The molecule has 0 aliphatic heterocycles. The Bertz CT molecular complexity index is 687. The SMILES string of the molecule is CSc1sc(NC(=O)c2ccc(OCC(F)(F)F)nc2)nc1C. The molecule has 10 heteroatoms. The summed E-state index contributed by atoms with van der Waals surface area (Å²) in [7, 11) is 0. The summed E-state index contributed by atoms with van der Waals surface area (Å²) in [5.41, 5.74) is 1.02. The number of carbonyl (C=O) groups excluding carboxylic acids is 1. The fourth-order valence-electron chi connectivity index (χ4n) is 1.55. The first-order chi connectivity index (χ1) is 10.8. The fourth-order valence-corrected chi connectivity index (χ4v) is 3.16. The highest BCUT2D eigenvalue weighted by molar-refractivity contribution is 8.00. The van der Waals surface area contributed by atoms with E-state index in [1.165, 1.54) is 35.2 Å². The molecule has 0 bridgehead atoms. The molecule has 2 aromatic heterocycles. The number of hydrogen-bond donors (Lipinski definition) is 1. The maximum Gasteiger partial charge on any atom is 0.422 e. The van der Waals surface area contributed by atoms with Crippen LogP contribution >= 0.6 is 23.1 Å². The number of rotatable bonds is 5. The number of ether oxygens (including phenoxy) is 1. The smallest absolute Gasteiger partial charge is 0.422 e. The van der Waals surface area contributed by atoms with Crippen molar-refractivity contribution in [3.8, 4) is 5.88 Å². The maximum absolute atomic E-state index is 12.0. The predicted octanol–water partition coefficient (Wildman–Crippen LogP) is 3.76. The molecule has 0 saturated carbocycles. The van der Waals surface area contributed by atoms with Gasteiger partial charge in [-0.2, -0.15) is 13.2 Å². The van der Waals surface area contributed by atoms with Gasteiger partial charge in [-0.15, -0.1) is 11.8 Å². The number of halogens is 3. The van der Waals surface area contributed by atoms with Crippen LogP contribution in [0, 0.1) is 6.92 Å². The number of thioether (sulfide) groups is 1. The Kier molecular flexibility index (Phi) is 5.47. The standard InChI is InChI=1S/C13H12F3N3O2S2/c1-7-11(22-2)23-12(18-7)19-10(20)8-3-4-9(17-5-8)21-6-13(14,15)16/h3-5H,6H2,1-2H3,(H,18,19,20). The van der Waals surface area contributed by atoms with Crippen molar-refractivity contribution in [2.75, 3.05) is 18.2 Å². The van der Waals surface area contributed by atoms with Crippen LogP contribution in [-0.2, 0) is 0 Å². The van der Waals surface area contributed by atoms with Crippen LogP contribution in [-0.4, -0.2) is 34.9 Å². The van der Waals surface area contributed by atoms with Gasteiger partial charge in [0.2, 0.25) is 5.88 Å². The molecule has 0 unspecified atom stereocenters. The second kappa shape index (κ2) is 7.18. The summed E-state index contributed by atoms with van der Waals surface area (Å²) in [5.74, 6) is -0.644. The van der Waals surface area contributed by atoms with Gasteiger partial charge >= 0.3 is 6.18 Å². The number of nitrogens with one attached hydrogen (secondary N) is 1. The van der Waals surface area contributed by atoms with Crippen LogP contribution in [0.15, 0.2) is 22.5 Å². The third-order valence-corrected chi connectivity index (χ3v) is 4.83. The summed E-state index contributed by atoms with van der Waals surface area (Å²) in [5, 5.41) is 3.08. The Morgan fingerprint density at radius 1 is 1.43 bits per heavy atom. The highest BCUT2D eigenvalue weighted by atomic mass is 32.2. The van der Waals surface area contributed by atoms with Crippen molar-refractivity contribution in [1.29, 1.82) is 0 Å². The molecule has 0 spiro atoms. The average Bonchev–Trinajstić information content (AvgIpc) is 2.84. The molecule has 0 aliphatic carbocycles. The first-order valence-electron chi connectivity index (χ1n) is 6.27. The van der Waals surface area contributed by atoms with Gasteiger partial charge in [-0.25, -0.2) is 9.97 Å². The van der Waals surface area contributed by atoms with Crippen molar-refractivity contribution in [2.45, 2.75) is 17.3 Å². The first-order valence-corrected chi connectivity index (χ1v) is 8.31. The van der Waals surface area contributed by atoms with Crippen molar-refractivity contribution in [1.82, 2.24) is 9.97 Å². The van der Waals surface area contributed by atoms with Gasteiger partial charge in [0, 0.05) is 12.3 Å². The lowest BCUT2D eigenvalue weighted by molar-refractivity contribution is -0.154. The van der Waals surface area contributed by atoms with E-state index < -0.39 is 18.7 Å². The van der Waals surface area contributed by atoms with Crippen molar-refractivity contribution < 1.29 is 22.7 Å². The number of thiazole rings is 1. The van der Waals surface area contributed by atoms with Gasteiger partial charge < -0.3 is 4.74 Å². The summed E-state index contributed by atoms with van der Waals surface area (Å²) < 4.78 is 41.6. The lowest BCUT2D eigenvalue weighted by Gasteiger charge is -2.08. The van der Waals surface area contributed by atoms with Gasteiger partial charge in [-0.05, 0) is 19.2 Å². The molecule has 0 fully saturated rings. The summed E-state index contributed by atoms with van der Waals surface area (Å²) in [6, 6.07) is 2.55. The number of alkyl halides is 3. The molecule has 0 atom stereocenters. The van der Waals surface area contributed by atoms with Gasteiger partial charge in [0.15, 0.2) is 11.7 Å². The predicted molar refractivity (Wildman–Crippen MR) is 82.4 cm³/mol. The van der Waals surface area contributed by atoms with Gasteiger partial charge in [-0.1, -0.05) is 11.3 Å². The molecular weight excluding hydrogens is 351 g/mol. The Balaban J connectivity index is 1.99. The van der Waals surface area contributed by atoms with E-state index in [9.17, 15) is 18.0 Å². The number of aryl methyl sites for hydroxylation is 1. The lowest BCUT2D eigenvalue weighted by Crippen LogP contribution is -2.19. The molecular formula is C13H12F3N3O2S2. The van der Waals surface area contributed by atoms with Crippen LogP contribution in [0.1, 0.15) is 16.1 Å².